The minimum atomic E-state index is 0.0998. The SMILES string of the molecule is C[C@H](CC#CC(C)(C)C)[C@H]1CC[C@H]2/C(=C/Br)CCC[C@]12C.C[C@H](CC#CC(C)(C)C)[C@H]1CC[C@H]2C(=O)CCC[C@]12C. The lowest BCUT2D eigenvalue weighted by molar-refractivity contribution is -0.130. The highest BCUT2D eigenvalue weighted by Gasteiger charge is 2.52. The second kappa shape index (κ2) is 13.8. The molecule has 0 radical (unpaired) electrons. The fourth-order valence-corrected chi connectivity index (χ4v) is 9.84. The molecular weight excluding hydrogens is 564 g/mol. The summed E-state index contributed by atoms with van der Waals surface area (Å²) in [7, 11) is 0. The highest BCUT2D eigenvalue weighted by Crippen LogP contribution is 2.60. The van der Waals surface area contributed by atoms with E-state index in [2.05, 4.69) is 114 Å². The summed E-state index contributed by atoms with van der Waals surface area (Å²) in [5, 5.41) is 0. The van der Waals surface area contributed by atoms with Crippen LogP contribution in [0.2, 0.25) is 0 Å². The maximum Gasteiger partial charge on any atom is 0.136 e. The molecule has 4 saturated carbocycles. The van der Waals surface area contributed by atoms with Gasteiger partial charge in [-0.3, -0.25) is 4.79 Å². The van der Waals surface area contributed by atoms with E-state index in [-0.39, 0.29) is 16.2 Å². The van der Waals surface area contributed by atoms with Crippen LogP contribution < -0.4 is 0 Å². The smallest absolute Gasteiger partial charge is 0.136 e. The molecule has 2 heteroatoms. The Kier molecular flexibility index (Phi) is 11.6. The Bertz CT molecular complexity index is 1060. The van der Waals surface area contributed by atoms with E-state index < -0.39 is 0 Å². The first-order chi connectivity index (χ1) is 19.0. The third-order valence-electron chi connectivity index (χ3n) is 11.3. The topological polar surface area (TPSA) is 17.1 Å². The highest BCUT2D eigenvalue weighted by molar-refractivity contribution is 9.11. The van der Waals surface area contributed by atoms with Gasteiger partial charge in [0.25, 0.3) is 0 Å². The van der Waals surface area contributed by atoms with Gasteiger partial charge in [-0.25, -0.2) is 0 Å². The molecule has 0 aliphatic heterocycles. The monoisotopic (exact) mass is 624 g/mol. The first kappa shape index (κ1) is 34.5. The van der Waals surface area contributed by atoms with Gasteiger partial charge in [0.15, 0.2) is 0 Å². The first-order valence-corrected chi connectivity index (χ1v) is 17.8. The zero-order valence-corrected chi connectivity index (χ0v) is 29.9. The number of hydrogen-bond acceptors (Lipinski definition) is 1. The number of carbonyl (C=O) groups is 1. The van der Waals surface area contributed by atoms with Crippen LogP contribution in [-0.4, -0.2) is 5.78 Å². The van der Waals surface area contributed by atoms with Gasteiger partial charge in [0.1, 0.15) is 5.78 Å². The lowest BCUT2D eigenvalue weighted by Crippen LogP contribution is -2.39. The van der Waals surface area contributed by atoms with E-state index in [0.29, 0.717) is 29.0 Å². The average molecular weight is 626 g/mol. The van der Waals surface area contributed by atoms with Gasteiger partial charge in [-0.1, -0.05) is 61.0 Å². The van der Waals surface area contributed by atoms with Crippen molar-refractivity contribution in [2.75, 3.05) is 0 Å². The molecule has 4 aliphatic rings. The minimum absolute atomic E-state index is 0.0998. The van der Waals surface area contributed by atoms with Crippen molar-refractivity contribution in [2.45, 2.75) is 146 Å². The predicted molar refractivity (Wildman–Crippen MR) is 180 cm³/mol. The maximum absolute atomic E-state index is 12.2. The van der Waals surface area contributed by atoms with Gasteiger partial charge >= 0.3 is 0 Å². The number of rotatable bonds is 4. The molecule has 0 N–H and O–H groups in total. The summed E-state index contributed by atoms with van der Waals surface area (Å²) in [6, 6.07) is 0. The van der Waals surface area contributed by atoms with Crippen LogP contribution in [0.15, 0.2) is 10.6 Å². The molecule has 0 aromatic rings. The predicted octanol–water partition coefficient (Wildman–Crippen LogP) is 11.4. The van der Waals surface area contributed by atoms with Crippen molar-refractivity contribution < 1.29 is 4.79 Å². The molecule has 0 aromatic carbocycles. The number of allylic oxidation sites excluding steroid dienone is 1. The Morgan fingerprint density at radius 3 is 1.68 bits per heavy atom. The van der Waals surface area contributed by atoms with Crippen LogP contribution in [0, 0.1) is 80.8 Å². The Hall–Kier alpha value is -0.990. The summed E-state index contributed by atoms with van der Waals surface area (Å²) >= 11 is 3.61. The Morgan fingerprint density at radius 1 is 0.780 bits per heavy atom. The van der Waals surface area contributed by atoms with Crippen LogP contribution in [-0.2, 0) is 4.79 Å². The van der Waals surface area contributed by atoms with E-state index in [1.807, 2.05) is 0 Å². The van der Waals surface area contributed by atoms with Crippen molar-refractivity contribution in [1.29, 1.82) is 0 Å². The summed E-state index contributed by atoms with van der Waals surface area (Å²) in [4.78, 5) is 14.4. The van der Waals surface area contributed by atoms with E-state index in [9.17, 15) is 4.79 Å². The summed E-state index contributed by atoms with van der Waals surface area (Å²) in [6.07, 6.45) is 14.4. The van der Waals surface area contributed by atoms with Crippen LogP contribution in [0.5, 0.6) is 0 Å². The van der Waals surface area contributed by atoms with Crippen LogP contribution in [0.3, 0.4) is 0 Å². The number of hydrogen-bond donors (Lipinski definition) is 0. The van der Waals surface area contributed by atoms with Gasteiger partial charge in [-0.05, 0) is 145 Å². The molecule has 4 fully saturated rings. The fraction of sp³-hybridized carbons (Fsp3) is 0.821. The van der Waals surface area contributed by atoms with Gasteiger partial charge in [-0.2, -0.15) is 0 Å². The van der Waals surface area contributed by atoms with Crippen molar-refractivity contribution in [2.24, 2.45) is 57.2 Å². The van der Waals surface area contributed by atoms with Crippen LogP contribution >= 0.6 is 15.9 Å². The number of Topliss-reactive ketones (excluding diaryl/α,β-unsaturated/α-hetero) is 1. The van der Waals surface area contributed by atoms with Crippen LogP contribution in [0.1, 0.15) is 146 Å². The summed E-state index contributed by atoms with van der Waals surface area (Å²) < 4.78 is 0. The van der Waals surface area contributed by atoms with Gasteiger partial charge < -0.3 is 0 Å². The van der Waals surface area contributed by atoms with Gasteiger partial charge in [0, 0.05) is 36.0 Å². The van der Waals surface area contributed by atoms with Crippen molar-refractivity contribution in [3.63, 3.8) is 0 Å². The molecule has 0 bridgehead atoms. The third kappa shape index (κ3) is 8.56. The van der Waals surface area contributed by atoms with Gasteiger partial charge in [-0.15, -0.1) is 11.8 Å². The fourth-order valence-electron chi connectivity index (χ4n) is 9.29. The molecule has 4 rings (SSSR count). The molecular formula is C39H61BrO. The van der Waals surface area contributed by atoms with Crippen molar-refractivity contribution in [3.8, 4) is 23.7 Å². The number of halogens is 1. The third-order valence-corrected chi connectivity index (χ3v) is 11.9. The Morgan fingerprint density at radius 2 is 1.22 bits per heavy atom. The molecule has 0 aromatic heterocycles. The van der Waals surface area contributed by atoms with Gasteiger partial charge in [0.2, 0.25) is 0 Å². The van der Waals surface area contributed by atoms with Crippen LogP contribution in [0.4, 0.5) is 0 Å². The zero-order valence-electron chi connectivity index (χ0n) is 28.3. The lowest BCUT2D eigenvalue weighted by atomic mass is 9.61. The minimum Gasteiger partial charge on any atom is -0.299 e. The summed E-state index contributed by atoms with van der Waals surface area (Å²) in [6.45, 7) is 22.8. The van der Waals surface area contributed by atoms with E-state index >= 15 is 0 Å². The second-order valence-corrected chi connectivity index (χ2v) is 17.3. The molecule has 8 atom stereocenters. The highest BCUT2D eigenvalue weighted by atomic mass is 79.9. The van der Waals surface area contributed by atoms with Crippen LogP contribution in [0.25, 0.3) is 0 Å². The maximum atomic E-state index is 12.2. The molecule has 0 saturated heterocycles. The molecule has 41 heavy (non-hydrogen) atoms. The summed E-state index contributed by atoms with van der Waals surface area (Å²) in [5.74, 6) is 18.2. The normalized spacial score (nSPS) is 35.6. The Balaban J connectivity index is 0.000000226. The Labute approximate surface area is 263 Å². The molecule has 230 valence electrons. The van der Waals surface area contributed by atoms with Crippen molar-refractivity contribution in [1.82, 2.24) is 0 Å². The molecule has 0 unspecified atom stereocenters. The number of ketones is 1. The largest absolute Gasteiger partial charge is 0.299 e. The molecule has 0 amide bonds. The van der Waals surface area contributed by atoms with E-state index in [0.717, 1.165) is 49.9 Å². The standard InChI is InChI=1S/C20H31Br.C19H30O/c1-15(8-6-12-19(2,3)4)17-10-11-18-16(14-21)9-7-13-20(17,18)5;1-14(8-6-12-18(2,3)4)15-10-11-16-17(20)9-7-13-19(15,16)5/h14-15,17-18H,7-11,13H2,1-5H3;14-16H,7-11,13H2,1-5H3/b16-14+;/t15-,17-,18+,20-;14-,15-,16+,19-/m11/s1. The second-order valence-electron chi connectivity index (χ2n) is 16.8. The van der Waals surface area contributed by atoms with E-state index in [1.165, 1.54) is 44.9 Å². The molecule has 1 nitrogen and oxygen atoms in total. The summed E-state index contributed by atoms with van der Waals surface area (Å²) in [5.41, 5.74) is 2.68. The molecule has 4 aliphatic carbocycles. The average Bonchev–Trinajstić information content (AvgIpc) is 3.40. The van der Waals surface area contributed by atoms with Crippen molar-refractivity contribution in [3.05, 3.63) is 10.6 Å². The number of carbonyl (C=O) groups excluding carboxylic acids is 1. The first-order valence-electron chi connectivity index (χ1n) is 16.8. The molecule has 0 heterocycles. The zero-order chi connectivity index (χ0) is 30.6. The lowest BCUT2D eigenvalue weighted by Gasteiger charge is -2.44. The number of fused-ring (bicyclic) bond motifs is 2. The van der Waals surface area contributed by atoms with Crippen molar-refractivity contribution >= 4 is 21.7 Å². The van der Waals surface area contributed by atoms with Gasteiger partial charge in [0.05, 0.1) is 0 Å². The van der Waals surface area contributed by atoms with E-state index in [1.54, 1.807) is 5.57 Å². The molecule has 0 spiro atoms. The van der Waals surface area contributed by atoms with E-state index in [4.69, 9.17) is 0 Å². The quantitative estimate of drug-likeness (QED) is 0.284.